The smallest absolute Gasteiger partial charge is 0.287 e. The summed E-state index contributed by atoms with van der Waals surface area (Å²) in [6.07, 6.45) is 3.85. The van der Waals surface area contributed by atoms with Gasteiger partial charge in [-0.2, -0.15) is 5.10 Å². The molecule has 0 bridgehead atoms. The quantitative estimate of drug-likeness (QED) is 0.924. The van der Waals surface area contributed by atoms with Crippen molar-refractivity contribution >= 4 is 17.3 Å². The van der Waals surface area contributed by atoms with Gasteiger partial charge in [0.1, 0.15) is 5.02 Å². The average Bonchev–Trinajstić information content (AvgIpc) is 2.43. The van der Waals surface area contributed by atoms with Crippen molar-refractivity contribution in [3.05, 3.63) is 21.6 Å². The van der Waals surface area contributed by atoms with Gasteiger partial charge in [-0.1, -0.05) is 18.5 Å². The van der Waals surface area contributed by atoms with Gasteiger partial charge in [-0.3, -0.25) is 4.79 Å². The Kier molecular flexibility index (Phi) is 5.05. The van der Waals surface area contributed by atoms with Crippen LogP contribution in [0.5, 0.6) is 0 Å². The summed E-state index contributed by atoms with van der Waals surface area (Å²) in [5.74, 6) is 0. The van der Waals surface area contributed by atoms with E-state index in [1.807, 2.05) is 13.8 Å². The van der Waals surface area contributed by atoms with Crippen molar-refractivity contribution in [2.75, 3.05) is 24.5 Å². The van der Waals surface area contributed by atoms with Gasteiger partial charge in [-0.25, -0.2) is 4.68 Å². The van der Waals surface area contributed by atoms with Crippen molar-refractivity contribution in [2.45, 2.75) is 45.7 Å². The molecule has 0 aliphatic carbocycles. The highest BCUT2D eigenvalue weighted by atomic mass is 35.5. The lowest BCUT2D eigenvalue weighted by molar-refractivity contribution is 0.422. The monoisotopic (exact) mass is 298 g/mol. The molecule has 2 heterocycles. The molecule has 6 heteroatoms. The summed E-state index contributed by atoms with van der Waals surface area (Å²) in [6.45, 7) is 8.78. The Balaban J connectivity index is 2.15. The highest BCUT2D eigenvalue weighted by molar-refractivity contribution is 6.33. The van der Waals surface area contributed by atoms with Crippen LogP contribution in [0.25, 0.3) is 0 Å². The number of halogens is 1. The van der Waals surface area contributed by atoms with Crippen LogP contribution in [0.4, 0.5) is 5.69 Å². The SMILES string of the molecule is CCNC1CCN(c2cnn(C(C)C)c(=O)c2Cl)CC1. The molecule has 1 aromatic heterocycles. The lowest BCUT2D eigenvalue weighted by Gasteiger charge is -2.34. The number of hydrogen-bond donors (Lipinski definition) is 1. The van der Waals surface area contributed by atoms with Gasteiger partial charge < -0.3 is 10.2 Å². The summed E-state index contributed by atoms with van der Waals surface area (Å²) in [5.41, 5.74) is 0.566. The largest absolute Gasteiger partial charge is 0.369 e. The molecule has 0 radical (unpaired) electrons. The molecule has 0 saturated carbocycles. The normalized spacial score (nSPS) is 16.9. The van der Waals surface area contributed by atoms with Crippen molar-refractivity contribution in [1.29, 1.82) is 0 Å². The van der Waals surface area contributed by atoms with E-state index in [-0.39, 0.29) is 16.6 Å². The third-order valence-corrected chi connectivity index (χ3v) is 4.10. The van der Waals surface area contributed by atoms with Crippen molar-refractivity contribution < 1.29 is 0 Å². The van der Waals surface area contributed by atoms with Crippen LogP contribution in [0.2, 0.25) is 5.02 Å². The third-order valence-electron chi connectivity index (χ3n) is 3.74. The minimum absolute atomic E-state index is 0.0218. The van der Waals surface area contributed by atoms with Crippen molar-refractivity contribution in [3.63, 3.8) is 0 Å². The van der Waals surface area contributed by atoms with Gasteiger partial charge in [-0.05, 0) is 33.2 Å². The second kappa shape index (κ2) is 6.59. The van der Waals surface area contributed by atoms with Gasteiger partial charge in [0.15, 0.2) is 0 Å². The lowest BCUT2D eigenvalue weighted by atomic mass is 10.0. The molecule has 0 atom stereocenters. The maximum absolute atomic E-state index is 12.2. The fraction of sp³-hybridized carbons (Fsp3) is 0.714. The molecule has 1 aliphatic rings. The summed E-state index contributed by atoms with van der Waals surface area (Å²) in [5, 5.41) is 7.98. The molecule has 0 amide bonds. The molecule has 1 N–H and O–H groups in total. The predicted octanol–water partition coefficient (Wildman–Crippen LogP) is 2.06. The second-order valence-electron chi connectivity index (χ2n) is 5.51. The van der Waals surface area contributed by atoms with E-state index in [1.165, 1.54) is 4.68 Å². The lowest BCUT2D eigenvalue weighted by Crippen LogP contribution is -2.43. The maximum Gasteiger partial charge on any atom is 0.287 e. The predicted molar refractivity (Wildman–Crippen MR) is 82.8 cm³/mol. The van der Waals surface area contributed by atoms with Crippen LogP contribution >= 0.6 is 11.6 Å². The Bertz CT molecular complexity index is 506. The van der Waals surface area contributed by atoms with Gasteiger partial charge in [0.25, 0.3) is 5.56 Å². The Labute approximate surface area is 124 Å². The van der Waals surface area contributed by atoms with E-state index < -0.39 is 0 Å². The van der Waals surface area contributed by atoms with Crippen LogP contribution in [-0.2, 0) is 0 Å². The first-order valence-electron chi connectivity index (χ1n) is 7.30. The summed E-state index contributed by atoms with van der Waals surface area (Å²) >= 11 is 6.24. The molecule has 0 aromatic carbocycles. The van der Waals surface area contributed by atoms with E-state index in [4.69, 9.17) is 11.6 Å². The van der Waals surface area contributed by atoms with Crippen LogP contribution in [-0.4, -0.2) is 35.5 Å². The van der Waals surface area contributed by atoms with Gasteiger partial charge in [0, 0.05) is 19.1 Å². The zero-order chi connectivity index (χ0) is 14.7. The molecular weight excluding hydrogens is 276 g/mol. The van der Waals surface area contributed by atoms with Gasteiger partial charge in [-0.15, -0.1) is 0 Å². The van der Waals surface area contributed by atoms with Crippen LogP contribution in [0, 0.1) is 0 Å². The zero-order valence-electron chi connectivity index (χ0n) is 12.4. The van der Waals surface area contributed by atoms with Crippen molar-refractivity contribution in [2.24, 2.45) is 0 Å². The van der Waals surface area contributed by atoms with Crippen LogP contribution in [0.1, 0.15) is 39.7 Å². The van der Waals surface area contributed by atoms with Gasteiger partial charge in [0.2, 0.25) is 0 Å². The highest BCUT2D eigenvalue weighted by Crippen LogP contribution is 2.25. The number of rotatable bonds is 4. The van der Waals surface area contributed by atoms with Gasteiger partial charge in [0.05, 0.1) is 17.9 Å². The van der Waals surface area contributed by atoms with Crippen LogP contribution in [0.15, 0.2) is 11.0 Å². The standard InChI is InChI=1S/C14H23ClN4O/c1-4-16-11-5-7-18(8-6-11)12-9-17-19(10(2)3)14(20)13(12)15/h9-11,16H,4-8H2,1-3H3. The molecule has 1 saturated heterocycles. The number of piperidine rings is 1. The van der Waals surface area contributed by atoms with E-state index >= 15 is 0 Å². The minimum Gasteiger partial charge on any atom is -0.369 e. The van der Waals surface area contributed by atoms with Crippen molar-refractivity contribution in [3.8, 4) is 0 Å². The summed E-state index contributed by atoms with van der Waals surface area (Å²) in [7, 11) is 0. The van der Waals surface area contributed by atoms with Crippen LogP contribution in [0.3, 0.4) is 0 Å². The van der Waals surface area contributed by atoms with Crippen LogP contribution < -0.4 is 15.8 Å². The van der Waals surface area contributed by atoms with E-state index in [0.29, 0.717) is 6.04 Å². The Morgan fingerprint density at radius 3 is 2.65 bits per heavy atom. The number of anilines is 1. The second-order valence-corrected chi connectivity index (χ2v) is 5.88. The summed E-state index contributed by atoms with van der Waals surface area (Å²) < 4.78 is 1.43. The zero-order valence-corrected chi connectivity index (χ0v) is 13.2. The summed E-state index contributed by atoms with van der Waals surface area (Å²) in [4.78, 5) is 14.3. The Morgan fingerprint density at radius 2 is 2.10 bits per heavy atom. The average molecular weight is 299 g/mol. The third kappa shape index (κ3) is 3.15. The number of hydrogen-bond acceptors (Lipinski definition) is 4. The molecule has 20 heavy (non-hydrogen) atoms. The fourth-order valence-electron chi connectivity index (χ4n) is 2.64. The molecule has 112 valence electrons. The molecule has 0 spiro atoms. The number of nitrogens with zero attached hydrogens (tertiary/aromatic N) is 3. The number of nitrogens with one attached hydrogen (secondary N) is 1. The molecule has 1 aliphatic heterocycles. The topological polar surface area (TPSA) is 50.2 Å². The molecule has 0 unspecified atom stereocenters. The van der Waals surface area contributed by atoms with E-state index in [2.05, 4.69) is 22.2 Å². The molecule has 1 fully saturated rings. The highest BCUT2D eigenvalue weighted by Gasteiger charge is 2.22. The Morgan fingerprint density at radius 1 is 1.45 bits per heavy atom. The summed E-state index contributed by atoms with van der Waals surface area (Å²) in [6, 6.07) is 0.590. The van der Waals surface area contributed by atoms with E-state index in [0.717, 1.165) is 38.2 Å². The first-order valence-corrected chi connectivity index (χ1v) is 7.68. The fourth-order valence-corrected chi connectivity index (χ4v) is 2.89. The minimum atomic E-state index is -0.201. The number of aromatic nitrogens is 2. The molecule has 5 nitrogen and oxygen atoms in total. The molecule has 1 aromatic rings. The van der Waals surface area contributed by atoms with E-state index in [9.17, 15) is 4.79 Å². The first-order chi connectivity index (χ1) is 9.54. The molecular formula is C14H23ClN4O. The Hall–Kier alpha value is -1.07. The van der Waals surface area contributed by atoms with E-state index in [1.54, 1.807) is 6.20 Å². The van der Waals surface area contributed by atoms with Crippen molar-refractivity contribution in [1.82, 2.24) is 15.1 Å². The first kappa shape index (κ1) is 15.3. The maximum atomic E-state index is 12.2. The van der Waals surface area contributed by atoms with Gasteiger partial charge >= 0.3 is 0 Å². The molecule has 2 rings (SSSR count).